The van der Waals surface area contributed by atoms with Crippen molar-refractivity contribution in [1.82, 2.24) is 10.2 Å². The van der Waals surface area contributed by atoms with Crippen LogP contribution in [0.5, 0.6) is 0 Å². The molecule has 24 heteroatoms. The van der Waals surface area contributed by atoms with E-state index in [2.05, 4.69) is 12.2 Å². The van der Waals surface area contributed by atoms with Gasteiger partial charge in [-0.25, -0.2) is 9.69 Å². The molecule has 3 aliphatic rings. The summed E-state index contributed by atoms with van der Waals surface area (Å²) in [6.45, 7) is 12.2. The van der Waals surface area contributed by atoms with Crippen molar-refractivity contribution < 1.29 is 66.9 Å². The number of aliphatic carboxylic acids is 1. The number of hydrogen-bond acceptors (Lipinski definition) is 12. The highest BCUT2D eigenvalue weighted by Crippen LogP contribution is 2.39. The number of aryl methyl sites for hydroxylation is 2. The number of furan rings is 1. The average Bonchev–Trinajstić information content (AvgIpc) is 4.03. The second-order valence-corrected chi connectivity index (χ2v) is 19.8. The van der Waals surface area contributed by atoms with E-state index < -0.39 is 42.9 Å². The van der Waals surface area contributed by atoms with E-state index in [1.165, 1.54) is 15.9 Å². The number of esters is 1. The number of carboxylic acids is 1. The van der Waals surface area contributed by atoms with Crippen molar-refractivity contribution in [3.8, 4) is 0 Å². The van der Waals surface area contributed by atoms with Gasteiger partial charge in [0.1, 0.15) is 35.2 Å². The van der Waals surface area contributed by atoms with Crippen LogP contribution in [0, 0.1) is 6.92 Å². The van der Waals surface area contributed by atoms with Crippen LogP contribution in [-0.2, 0) is 54.0 Å². The van der Waals surface area contributed by atoms with E-state index in [-0.39, 0.29) is 54.0 Å². The summed E-state index contributed by atoms with van der Waals surface area (Å²) in [6.07, 6.45) is 6.01. The Bertz CT molecular complexity index is 2430. The Hall–Kier alpha value is -4.30. The van der Waals surface area contributed by atoms with E-state index in [9.17, 15) is 33.3 Å². The van der Waals surface area contributed by atoms with Crippen molar-refractivity contribution in [2.45, 2.75) is 90.3 Å². The highest BCUT2D eigenvalue weighted by molar-refractivity contribution is 7.51. The normalized spacial score (nSPS) is 16.3. The third-order valence-corrected chi connectivity index (χ3v) is 12.4. The molecule has 0 bridgehead atoms. The van der Waals surface area contributed by atoms with Crippen LogP contribution < -0.4 is 15.1 Å². The molecule has 0 spiro atoms. The van der Waals surface area contributed by atoms with Crippen LogP contribution in [-0.4, -0.2) is 111 Å². The van der Waals surface area contributed by atoms with Crippen molar-refractivity contribution in [2.24, 2.45) is 0 Å². The maximum absolute atomic E-state index is 12.7. The minimum Gasteiger partial charge on any atom is -0.480 e. The SMILES string of the molecule is CC1(C)OC(c2ccco2)CN1C(=O)C(Cl)Cl.CCOC(=O)/C(Cl)=C/c1cc(N2C(=O)C3=C(CCCC3)C2=O)ccc1Cl.CCOCN(C(=O)CCl)c1c(C)cccc1CC.O=C(O)CNCP(=O)(O)O. The minimum absolute atomic E-state index is 0.0371. The first-order chi connectivity index (χ1) is 33.4. The number of amides is 4. The standard InChI is InChI=1S/C19H17Cl2NO4.C14H20ClNO2.C11H13Cl2NO3.C3H8NO5P/c1-2-26-19(25)16(21)10-11-9-12(7-8-15(11)20)22-17(23)13-5-3-4-6-14(13)18(22)24;1-4-12-8-6-7-11(3)14(12)16(10-18-5-2)13(17)9-15;1-11(2)14(10(15)9(12)13)6-8(17-11)7-4-3-5-16-7;5-3(6)1-4-2-10(7,8)9/h7-10H,2-6H2,1H3;6-8H,4-5,9-10H2,1-3H3;3-5,8-9H,6H2,1-2H3;4H,1-2H2,(H,5,6)(H2,7,8,9)/b16-10-;;;. The van der Waals surface area contributed by atoms with Gasteiger partial charge < -0.3 is 38.4 Å². The fraction of sp³-hybridized carbons (Fsp3) is 0.447. The lowest BCUT2D eigenvalue weighted by molar-refractivity contribution is -0.144. The van der Waals surface area contributed by atoms with Gasteiger partial charge in [0.2, 0.25) is 5.91 Å². The van der Waals surface area contributed by atoms with Gasteiger partial charge in [0.25, 0.3) is 17.7 Å². The van der Waals surface area contributed by atoms with E-state index in [4.69, 9.17) is 91.5 Å². The molecule has 1 aromatic heterocycles. The van der Waals surface area contributed by atoms with Crippen LogP contribution in [0.15, 0.2) is 75.4 Å². The molecule has 4 N–H and O–H groups in total. The first kappa shape index (κ1) is 61.0. The molecule has 3 heterocycles. The summed E-state index contributed by atoms with van der Waals surface area (Å²) < 4.78 is 31.3. The molecule has 390 valence electrons. The van der Waals surface area contributed by atoms with Gasteiger partial charge >= 0.3 is 19.5 Å². The molecule has 6 rings (SSSR count). The minimum atomic E-state index is -4.10. The largest absolute Gasteiger partial charge is 0.480 e. The maximum atomic E-state index is 12.7. The quantitative estimate of drug-likeness (QED) is 0.0261. The van der Waals surface area contributed by atoms with Gasteiger partial charge in [-0.1, -0.05) is 71.5 Å². The van der Waals surface area contributed by atoms with Crippen LogP contribution in [0.4, 0.5) is 11.4 Å². The van der Waals surface area contributed by atoms with E-state index >= 15 is 0 Å². The lowest BCUT2D eigenvalue weighted by Gasteiger charge is -2.29. The Kier molecular flexibility index (Phi) is 24.8. The molecule has 4 amide bonds. The number of hydrogen-bond donors (Lipinski definition) is 4. The summed E-state index contributed by atoms with van der Waals surface area (Å²) in [4.78, 5) is 90.2. The Morgan fingerprint density at radius 2 is 1.65 bits per heavy atom. The van der Waals surface area contributed by atoms with Gasteiger partial charge in [0, 0.05) is 22.8 Å². The molecule has 2 aromatic carbocycles. The number of nitrogens with zero attached hydrogens (tertiary/aromatic N) is 3. The van der Waals surface area contributed by atoms with Gasteiger partial charge in [0.15, 0.2) is 4.84 Å². The Morgan fingerprint density at radius 1 is 1.00 bits per heavy atom. The molecular formula is C47H58Cl5N4O14P. The van der Waals surface area contributed by atoms with Crippen LogP contribution >= 0.6 is 65.6 Å². The summed E-state index contributed by atoms with van der Waals surface area (Å²) in [5.41, 5.74) is 4.43. The number of carbonyl (C=O) groups excluding carboxylic acids is 5. The first-order valence-corrected chi connectivity index (χ1v) is 26.1. The molecule has 1 aliphatic carbocycles. The highest BCUT2D eigenvalue weighted by Gasteiger charge is 2.45. The summed E-state index contributed by atoms with van der Waals surface area (Å²) in [5.74, 6) is -2.20. The zero-order valence-electron chi connectivity index (χ0n) is 39.9. The second kappa shape index (κ2) is 28.8. The lowest BCUT2D eigenvalue weighted by atomic mass is 9.93. The molecule has 1 atom stereocenters. The summed E-state index contributed by atoms with van der Waals surface area (Å²) in [5, 5.41) is 10.3. The maximum Gasteiger partial charge on any atom is 0.349 e. The fourth-order valence-electron chi connectivity index (χ4n) is 7.30. The molecule has 1 unspecified atom stereocenters. The third-order valence-electron chi connectivity index (χ3n) is 10.5. The number of alkyl halides is 3. The van der Waals surface area contributed by atoms with Gasteiger partial charge in [-0.2, -0.15) is 0 Å². The average molecular weight is 1110 g/mol. The fourth-order valence-corrected chi connectivity index (χ4v) is 8.42. The summed E-state index contributed by atoms with van der Waals surface area (Å²) >= 11 is 29.0. The molecule has 18 nitrogen and oxygen atoms in total. The predicted molar refractivity (Wildman–Crippen MR) is 272 cm³/mol. The zero-order valence-corrected chi connectivity index (χ0v) is 44.6. The number of ether oxygens (including phenoxy) is 3. The highest BCUT2D eigenvalue weighted by atomic mass is 35.5. The van der Waals surface area contributed by atoms with Crippen LogP contribution in [0.2, 0.25) is 5.02 Å². The Labute approximate surface area is 437 Å². The van der Waals surface area contributed by atoms with Crippen LogP contribution in [0.1, 0.15) is 88.9 Å². The molecule has 0 saturated carbocycles. The van der Waals surface area contributed by atoms with Gasteiger partial charge in [0.05, 0.1) is 43.6 Å². The van der Waals surface area contributed by atoms with Crippen LogP contribution in [0.3, 0.4) is 0 Å². The molecule has 0 radical (unpaired) electrons. The smallest absolute Gasteiger partial charge is 0.349 e. The number of carbonyl (C=O) groups is 6. The molecular weight excluding hydrogens is 1050 g/mol. The van der Waals surface area contributed by atoms with Gasteiger partial charge in [-0.15, -0.1) is 11.6 Å². The Morgan fingerprint density at radius 3 is 2.17 bits per heavy atom. The van der Waals surface area contributed by atoms with Crippen LogP contribution in [0.25, 0.3) is 6.08 Å². The van der Waals surface area contributed by atoms with E-state index in [0.29, 0.717) is 59.2 Å². The molecule has 1 saturated heterocycles. The van der Waals surface area contributed by atoms with Crippen molar-refractivity contribution in [2.75, 3.05) is 55.0 Å². The van der Waals surface area contributed by atoms with Crippen molar-refractivity contribution in [1.29, 1.82) is 0 Å². The molecule has 2 aliphatic heterocycles. The summed E-state index contributed by atoms with van der Waals surface area (Å²) in [6, 6.07) is 14.4. The van der Waals surface area contributed by atoms with Crippen molar-refractivity contribution >= 4 is 119 Å². The van der Waals surface area contributed by atoms with Gasteiger partial charge in [-0.3, -0.25) is 38.8 Å². The zero-order chi connectivity index (χ0) is 53.2. The lowest BCUT2D eigenvalue weighted by Crippen LogP contribution is -2.45. The number of para-hydroxylation sites is 1. The van der Waals surface area contributed by atoms with Gasteiger partial charge in [-0.05, 0) is 120 Å². The second-order valence-electron chi connectivity index (χ2n) is 16.0. The number of nitrogens with one attached hydrogen (secondary N) is 1. The molecule has 71 heavy (non-hydrogen) atoms. The number of rotatable bonds is 16. The van der Waals surface area contributed by atoms with E-state index in [1.807, 2.05) is 38.1 Å². The molecule has 3 aromatic rings. The van der Waals surface area contributed by atoms with E-state index in [1.54, 1.807) is 56.2 Å². The van der Waals surface area contributed by atoms with Crippen molar-refractivity contribution in [3.63, 3.8) is 0 Å². The van der Waals surface area contributed by atoms with Crippen molar-refractivity contribution in [3.05, 3.63) is 98.4 Å². The topological polar surface area (TPSA) is 243 Å². The predicted octanol–water partition coefficient (Wildman–Crippen LogP) is 8.86. The number of benzene rings is 2. The Balaban J connectivity index is 0.000000263. The monoisotopic (exact) mass is 1110 g/mol. The first-order valence-electron chi connectivity index (χ1n) is 22.2. The number of imide groups is 1. The third kappa shape index (κ3) is 18.0. The molecule has 1 fully saturated rings. The summed E-state index contributed by atoms with van der Waals surface area (Å²) in [7, 11) is -4.10. The number of halogens is 5. The number of anilines is 2. The number of carboxylic acid groups (broad SMARTS) is 1. The van der Waals surface area contributed by atoms with E-state index in [0.717, 1.165) is 36.1 Å².